The molecule has 0 saturated carbocycles. The molecule has 1 atom stereocenters. The Morgan fingerprint density at radius 3 is 2.47 bits per heavy atom. The molecule has 1 aromatic carbocycles. The Morgan fingerprint density at radius 1 is 1.27 bits per heavy atom. The summed E-state index contributed by atoms with van der Waals surface area (Å²) in [4.78, 5) is 0. The van der Waals surface area contributed by atoms with Gasteiger partial charge in [-0.3, -0.25) is 0 Å². The van der Waals surface area contributed by atoms with E-state index in [9.17, 15) is 0 Å². The van der Waals surface area contributed by atoms with Crippen LogP contribution in [0.5, 0.6) is 5.75 Å². The van der Waals surface area contributed by atoms with E-state index in [2.05, 4.69) is 0 Å². The van der Waals surface area contributed by atoms with Crippen molar-refractivity contribution in [3.05, 3.63) is 29.8 Å². The van der Waals surface area contributed by atoms with E-state index in [0.29, 0.717) is 5.88 Å². The summed E-state index contributed by atoms with van der Waals surface area (Å²) < 4.78 is 10.7. The normalized spacial score (nSPS) is 12.5. The Bertz CT molecular complexity index is 271. The Hall–Kier alpha value is -0.730. The molecule has 0 spiro atoms. The number of alkyl halides is 1. The van der Waals surface area contributed by atoms with Gasteiger partial charge in [0, 0.05) is 26.0 Å². The maximum absolute atomic E-state index is 5.70. The molecule has 1 unspecified atom stereocenters. The molecule has 15 heavy (non-hydrogen) atoms. The third-order valence-corrected chi connectivity index (χ3v) is 2.45. The average molecular weight is 229 g/mol. The summed E-state index contributed by atoms with van der Waals surface area (Å²) in [6.07, 6.45) is 1.07. The average Bonchev–Trinajstić information content (AvgIpc) is 2.27. The summed E-state index contributed by atoms with van der Waals surface area (Å²) in [5.41, 5.74) is 1.11. The summed E-state index contributed by atoms with van der Waals surface area (Å²) in [5.74, 6) is 1.42. The third kappa shape index (κ3) is 4.54. The first-order valence-corrected chi connectivity index (χ1v) is 5.60. The van der Waals surface area contributed by atoms with Crippen molar-refractivity contribution in [3.63, 3.8) is 0 Å². The van der Waals surface area contributed by atoms with Crippen molar-refractivity contribution in [1.82, 2.24) is 0 Å². The van der Waals surface area contributed by atoms with Crippen LogP contribution in [0.15, 0.2) is 24.3 Å². The van der Waals surface area contributed by atoms with Crippen molar-refractivity contribution in [2.45, 2.75) is 25.3 Å². The van der Waals surface area contributed by atoms with E-state index in [1.165, 1.54) is 0 Å². The molecule has 1 aromatic rings. The van der Waals surface area contributed by atoms with E-state index in [-0.39, 0.29) is 6.10 Å². The quantitative estimate of drug-likeness (QED) is 0.696. The van der Waals surface area contributed by atoms with Crippen molar-refractivity contribution < 1.29 is 9.47 Å². The Morgan fingerprint density at radius 2 is 1.93 bits per heavy atom. The number of rotatable bonds is 6. The molecule has 3 heteroatoms. The molecular weight excluding hydrogens is 212 g/mol. The minimum atomic E-state index is 0.173. The van der Waals surface area contributed by atoms with Crippen LogP contribution in [0.3, 0.4) is 0 Å². The van der Waals surface area contributed by atoms with Gasteiger partial charge in [-0.15, -0.1) is 11.6 Å². The van der Waals surface area contributed by atoms with Crippen molar-refractivity contribution in [2.24, 2.45) is 0 Å². The van der Waals surface area contributed by atoms with Gasteiger partial charge in [-0.2, -0.15) is 0 Å². The summed E-state index contributed by atoms with van der Waals surface area (Å²) in [5, 5.41) is 0. The molecule has 0 bridgehead atoms. The Kier molecular flexibility index (Phi) is 5.51. The zero-order valence-corrected chi connectivity index (χ0v) is 9.96. The minimum absolute atomic E-state index is 0.173. The second-order valence-corrected chi connectivity index (χ2v) is 3.75. The fraction of sp³-hybridized carbons (Fsp3) is 0.500. The minimum Gasteiger partial charge on any atom is -0.491 e. The lowest BCUT2D eigenvalue weighted by molar-refractivity contribution is 0.135. The number of halogens is 1. The van der Waals surface area contributed by atoms with Gasteiger partial charge < -0.3 is 9.47 Å². The summed E-state index contributed by atoms with van der Waals surface area (Å²) in [6.45, 7) is 2.76. The van der Waals surface area contributed by atoms with Gasteiger partial charge in [0.15, 0.2) is 0 Å². The SMILES string of the molecule is COCCC(C)Oc1ccc(CCl)cc1. The van der Waals surface area contributed by atoms with Crippen LogP contribution in [0.25, 0.3) is 0 Å². The highest BCUT2D eigenvalue weighted by molar-refractivity contribution is 6.17. The molecule has 2 nitrogen and oxygen atoms in total. The van der Waals surface area contributed by atoms with Gasteiger partial charge >= 0.3 is 0 Å². The topological polar surface area (TPSA) is 18.5 Å². The second kappa shape index (κ2) is 6.70. The van der Waals surface area contributed by atoms with Crippen molar-refractivity contribution in [2.75, 3.05) is 13.7 Å². The van der Waals surface area contributed by atoms with E-state index in [1.807, 2.05) is 31.2 Å². The number of hydrogen-bond donors (Lipinski definition) is 0. The lowest BCUT2D eigenvalue weighted by Crippen LogP contribution is -2.14. The maximum Gasteiger partial charge on any atom is 0.119 e. The third-order valence-electron chi connectivity index (χ3n) is 2.14. The number of methoxy groups -OCH3 is 1. The first kappa shape index (κ1) is 12.3. The maximum atomic E-state index is 5.70. The van der Waals surface area contributed by atoms with Gasteiger partial charge in [0.1, 0.15) is 5.75 Å². The molecule has 0 aromatic heterocycles. The highest BCUT2D eigenvalue weighted by Gasteiger charge is 2.03. The van der Waals surface area contributed by atoms with Crippen LogP contribution >= 0.6 is 11.6 Å². The number of hydrogen-bond acceptors (Lipinski definition) is 2. The van der Waals surface area contributed by atoms with Crippen LogP contribution in [0.1, 0.15) is 18.9 Å². The molecule has 0 aliphatic heterocycles. The van der Waals surface area contributed by atoms with Crippen LogP contribution in [0.4, 0.5) is 0 Å². The zero-order valence-electron chi connectivity index (χ0n) is 9.20. The summed E-state index contributed by atoms with van der Waals surface area (Å²) in [6, 6.07) is 7.85. The Balaban J connectivity index is 2.42. The van der Waals surface area contributed by atoms with E-state index in [1.54, 1.807) is 7.11 Å². The first-order chi connectivity index (χ1) is 7.26. The van der Waals surface area contributed by atoms with Crippen molar-refractivity contribution in [3.8, 4) is 5.75 Å². The largest absolute Gasteiger partial charge is 0.491 e. The smallest absolute Gasteiger partial charge is 0.119 e. The highest BCUT2D eigenvalue weighted by atomic mass is 35.5. The fourth-order valence-corrected chi connectivity index (χ4v) is 1.41. The van der Waals surface area contributed by atoms with Gasteiger partial charge in [-0.05, 0) is 24.6 Å². The standard InChI is InChI=1S/C12H17ClO2/c1-10(7-8-14-2)15-12-5-3-11(9-13)4-6-12/h3-6,10H,7-9H2,1-2H3. The van der Waals surface area contributed by atoms with E-state index < -0.39 is 0 Å². The first-order valence-electron chi connectivity index (χ1n) is 5.06. The fourth-order valence-electron chi connectivity index (χ4n) is 1.23. The second-order valence-electron chi connectivity index (χ2n) is 3.49. The van der Waals surface area contributed by atoms with Gasteiger partial charge in [-0.1, -0.05) is 12.1 Å². The molecule has 0 aliphatic carbocycles. The van der Waals surface area contributed by atoms with Crippen LogP contribution in [-0.4, -0.2) is 19.8 Å². The molecule has 0 N–H and O–H groups in total. The van der Waals surface area contributed by atoms with Gasteiger partial charge in [-0.25, -0.2) is 0 Å². The zero-order chi connectivity index (χ0) is 11.1. The monoisotopic (exact) mass is 228 g/mol. The van der Waals surface area contributed by atoms with E-state index in [0.717, 1.165) is 24.3 Å². The Labute approximate surface area is 96.2 Å². The van der Waals surface area contributed by atoms with Crippen molar-refractivity contribution in [1.29, 1.82) is 0 Å². The van der Waals surface area contributed by atoms with Crippen molar-refractivity contribution >= 4 is 11.6 Å². The predicted octanol–water partition coefficient (Wildman–Crippen LogP) is 3.23. The van der Waals surface area contributed by atoms with E-state index in [4.69, 9.17) is 21.1 Å². The lowest BCUT2D eigenvalue weighted by Gasteiger charge is -2.14. The number of ether oxygens (including phenoxy) is 2. The number of benzene rings is 1. The molecule has 0 heterocycles. The van der Waals surface area contributed by atoms with Gasteiger partial charge in [0.2, 0.25) is 0 Å². The molecule has 0 saturated heterocycles. The molecule has 1 rings (SSSR count). The van der Waals surface area contributed by atoms with Gasteiger partial charge in [0.05, 0.1) is 6.10 Å². The summed E-state index contributed by atoms with van der Waals surface area (Å²) >= 11 is 5.70. The van der Waals surface area contributed by atoms with E-state index >= 15 is 0 Å². The highest BCUT2D eigenvalue weighted by Crippen LogP contribution is 2.15. The molecule has 84 valence electrons. The predicted molar refractivity (Wildman–Crippen MR) is 62.6 cm³/mol. The van der Waals surface area contributed by atoms with Crippen LogP contribution in [0, 0.1) is 0 Å². The summed E-state index contributed by atoms with van der Waals surface area (Å²) in [7, 11) is 1.70. The van der Waals surface area contributed by atoms with Crippen LogP contribution in [-0.2, 0) is 10.6 Å². The van der Waals surface area contributed by atoms with Crippen LogP contribution < -0.4 is 4.74 Å². The molecular formula is C12H17ClO2. The van der Waals surface area contributed by atoms with Crippen LogP contribution in [0.2, 0.25) is 0 Å². The van der Waals surface area contributed by atoms with Gasteiger partial charge in [0.25, 0.3) is 0 Å². The molecule has 0 radical (unpaired) electrons. The molecule has 0 amide bonds. The molecule has 0 fully saturated rings. The molecule has 0 aliphatic rings. The lowest BCUT2D eigenvalue weighted by atomic mass is 10.2.